The van der Waals surface area contributed by atoms with Crippen molar-refractivity contribution in [3.8, 4) is 0 Å². The highest BCUT2D eigenvalue weighted by Gasteiger charge is 2.20. The Hall–Kier alpha value is -1.88. The summed E-state index contributed by atoms with van der Waals surface area (Å²) < 4.78 is 1.81. The number of benzene rings is 1. The number of carbonyl (C=O) groups excluding carboxylic acids is 1. The van der Waals surface area contributed by atoms with Gasteiger partial charge in [0.1, 0.15) is 0 Å². The Morgan fingerprint density at radius 3 is 3.21 bits per heavy atom. The molecule has 5 nitrogen and oxygen atoms in total. The predicted octanol–water partition coefficient (Wildman–Crippen LogP) is 1.51. The molecule has 100 valence electrons. The van der Waals surface area contributed by atoms with Gasteiger partial charge in [-0.05, 0) is 37.6 Å². The Balaban J connectivity index is 1.76. The molecule has 19 heavy (non-hydrogen) atoms. The highest BCUT2D eigenvalue weighted by Crippen LogP contribution is 2.20. The maximum atomic E-state index is 12.2. The van der Waals surface area contributed by atoms with Crippen molar-refractivity contribution in [3.63, 3.8) is 0 Å². The lowest BCUT2D eigenvalue weighted by Crippen LogP contribution is -2.37. The topological polar surface area (TPSA) is 59.0 Å². The van der Waals surface area contributed by atoms with Gasteiger partial charge in [0.2, 0.25) is 5.91 Å². The summed E-state index contributed by atoms with van der Waals surface area (Å²) in [6, 6.07) is 5.88. The summed E-state index contributed by atoms with van der Waals surface area (Å²) in [6.45, 7) is 1.80. The van der Waals surface area contributed by atoms with Gasteiger partial charge in [-0.1, -0.05) is 0 Å². The Bertz CT molecular complexity index is 599. The number of piperidine rings is 1. The van der Waals surface area contributed by atoms with Gasteiger partial charge < -0.3 is 10.6 Å². The first-order valence-electron chi connectivity index (χ1n) is 6.67. The van der Waals surface area contributed by atoms with Gasteiger partial charge in [-0.2, -0.15) is 5.10 Å². The number of nitrogens with zero attached hydrogens (tertiary/aromatic N) is 2. The molecule has 1 unspecified atom stereocenters. The van der Waals surface area contributed by atoms with Crippen LogP contribution in [0.1, 0.15) is 12.8 Å². The largest absolute Gasteiger partial charge is 0.326 e. The van der Waals surface area contributed by atoms with Crippen molar-refractivity contribution in [3.05, 3.63) is 24.4 Å². The van der Waals surface area contributed by atoms with Crippen LogP contribution in [0.5, 0.6) is 0 Å². The van der Waals surface area contributed by atoms with Crippen LogP contribution in [0.3, 0.4) is 0 Å². The van der Waals surface area contributed by atoms with Gasteiger partial charge in [-0.3, -0.25) is 9.48 Å². The first kappa shape index (κ1) is 12.2. The second-order valence-electron chi connectivity index (χ2n) is 5.07. The molecule has 0 aliphatic carbocycles. The quantitative estimate of drug-likeness (QED) is 0.858. The van der Waals surface area contributed by atoms with E-state index >= 15 is 0 Å². The van der Waals surface area contributed by atoms with Crippen LogP contribution < -0.4 is 10.6 Å². The van der Waals surface area contributed by atoms with E-state index in [4.69, 9.17) is 0 Å². The lowest BCUT2D eigenvalue weighted by molar-refractivity contribution is -0.120. The number of aromatic nitrogens is 2. The highest BCUT2D eigenvalue weighted by atomic mass is 16.1. The van der Waals surface area contributed by atoms with Gasteiger partial charge in [-0.25, -0.2) is 0 Å². The van der Waals surface area contributed by atoms with Gasteiger partial charge >= 0.3 is 0 Å². The minimum atomic E-state index is 0.0796. The first-order chi connectivity index (χ1) is 9.24. The lowest BCUT2D eigenvalue weighted by Gasteiger charge is -2.21. The highest BCUT2D eigenvalue weighted by molar-refractivity contribution is 5.95. The van der Waals surface area contributed by atoms with E-state index in [0.717, 1.165) is 42.5 Å². The predicted molar refractivity (Wildman–Crippen MR) is 74.9 cm³/mol. The molecule has 1 atom stereocenters. The molecule has 2 heterocycles. The zero-order chi connectivity index (χ0) is 13.2. The maximum absolute atomic E-state index is 12.2. The zero-order valence-electron chi connectivity index (χ0n) is 11.0. The third-order valence-corrected chi connectivity index (χ3v) is 3.68. The second-order valence-corrected chi connectivity index (χ2v) is 5.07. The van der Waals surface area contributed by atoms with Gasteiger partial charge in [-0.15, -0.1) is 0 Å². The Kier molecular flexibility index (Phi) is 3.21. The molecule has 1 aliphatic rings. The molecule has 0 saturated carbocycles. The number of nitrogens with one attached hydrogen (secondary N) is 2. The summed E-state index contributed by atoms with van der Waals surface area (Å²) in [5, 5.41) is 11.5. The number of aryl methyl sites for hydroxylation is 1. The third-order valence-electron chi connectivity index (χ3n) is 3.68. The molecule has 2 N–H and O–H groups in total. The molecule has 0 radical (unpaired) electrons. The van der Waals surface area contributed by atoms with Crippen molar-refractivity contribution >= 4 is 22.5 Å². The average Bonchev–Trinajstić information content (AvgIpc) is 2.81. The molecule has 1 aliphatic heterocycles. The molecule has 1 amide bonds. The van der Waals surface area contributed by atoms with Crippen LogP contribution in [-0.4, -0.2) is 28.8 Å². The molecule has 0 spiro atoms. The fourth-order valence-electron chi connectivity index (χ4n) is 2.54. The van der Waals surface area contributed by atoms with E-state index in [-0.39, 0.29) is 11.8 Å². The van der Waals surface area contributed by atoms with Crippen molar-refractivity contribution in [2.75, 3.05) is 18.4 Å². The summed E-state index contributed by atoms with van der Waals surface area (Å²) in [7, 11) is 1.90. The van der Waals surface area contributed by atoms with E-state index in [0.29, 0.717) is 0 Å². The fraction of sp³-hybridized carbons (Fsp3) is 0.429. The number of carbonyl (C=O) groups is 1. The van der Waals surface area contributed by atoms with E-state index < -0.39 is 0 Å². The number of rotatable bonds is 2. The summed E-state index contributed by atoms with van der Waals surface area (Å²) in [4.78, 5) is 12.2. The molecule has 1 aromatic heterocycles. The average molecular weight is 258 g/mol. The van der Waals surface area contributed by atoms with Crippen molar-refractivity contribution in [1.82, 2.24) is 15.1 Å². The SMILES string of the molecule is Cn1ncc2ccc(NC(=O)C3CCCNC3)cc21. The van der Waals surface area contributed by atoms with Crippen LogP contribution in [0.4, 0.5) is 5.69 Å². The molecule has 3 rings (SSSR count). The Morgan fingerprint density at radius 1 is 1.53 bits per heavy atom. The molecular weight excluding hydrogens is 240 g/mol. The number of fused-ring (bicyclic) bond motifs is 1. The molecular formula is C14H18N4O. The van der Waals surface area contributed by atoms with Gasteiger partial charge in [0.05, 0.1) is 17.6 Å². The van der Waals surface area contributed by atoms with Crippen molar-refractivity contribution in [2.45, 2.75) is 12.8 Å². The fourth-order valence-corrected chi connectivity index (χ4v) is 2.54. The van der Waals surface area contributed by atoms with E-state index in [9.17, 15) is 4.79 Å². The van der Waals surface area contributed by atoms with Crippen LogP contribution in [-0.2, 0) is 11.8 Å². The molecule has 2 aromatic rings. The lowest BCUT2D eigenvalue weighted by atomic mass is 9.99. The Morgan fingerprint density at radius 2 is 2.42 bits per heavy atom. The summed E-state index contributed by atoms with van der Waals surface area (Å²) in [6.07, 6.45) is 3.86. The second kappa shape index (κ2) is 5.01. The number of hydrogen-bond donors (Lipinski definition) is 2. The standard InChI is InChI=1S/C14H18N4O/c1-18-13-7-12(5-4-10(13)9-16-18)17-14(19)11-3-2-6-15-8-11/h4-5,7,9,11,15H,2-3,6,8H2,1H3,(H,17,19). The van der Waals surface area contributed by atoms with E-state index in [1.807, 2.05) is 36.1 Å². The van der Waals surface area contributed by atoms with E-state index in [1.165, 1.54) is 0 Å². The zero-order valence-corrected chi connectivity index (χ0v) is 11.0. The van der Waals surface area contributed by atoms with Crippen LogP contribution in [0.15, 0.2) is 24.4 Å². The minimum absolute atomic E-state index is 0.0796. The summed E-state index contributed by atoms with van der Waals surface area (Å²) in [5.41, 5.74) is 1.87. The molecule has 0 bridgehead atoms. The number of amides is 1. The molecule has 1 saturated heterocycles. The minimum Gasteiger partial charge on any atom is -0.326 e. The van der Waals surface area contributed by atoms with Gasteiger partial charge in [0.25, 0.3) is 0 Å². The van der Waals surface area contributed by atoms with Crippen LogP contribution in [0, 0.1) is 5.92 Å². The number of hydrogen-bond acceptors (Lipinski definition) is 3. The third kappa shape index (κ3) is 2.46. The van der Waals surface area contributed by atoms with Crippen LogP contribution in [0.25, 0.3) is 10.9 Å². The van der Waals surface area contributed by atoms with Crippen LogP contribution >= 0.6 is 0 Å². The normalized spacial score (nSPS) is 19.5. The van der Waals surface area contributed by atoms with Gasteiger partial charge in [0.15, 0.2) is 0 Å². The first-order valence-corrected chi connectivity index (χ1v) is 6.67. The van der Waals surface area contributed by atoms with Crippen LogP contribution in [0.2, 0.25) is 0 Å². The maximum Gasteiger partial charge on any atom is 0.228 e. The monoisotopic (exact) mass is 258 g/mol. The summed E-state index contributed by atoms with van der Waals surface area (Å²) >= 11 is 0. The van der Waals surface area contributed by atoms with Crippen molar-refractivity contribution < 1.29 is 4.79 Å². The van der Waals surface area contributed by atoms with E-state index in [1.54, 1.807) is 0 Å². The molecule has 1 aromatic carbocycles. The smallest absolute Gasteiger partial charge is 0.228 e. The van der Waals surface area contributed by atoms with E-state index in [2.05, 4.69) is 15.7 Å². The van der Waals surface area contributed by atoms with Crippen molar-refractivity contribution in [1.29, 1.82) is 0 Å². The van der Waals surface area contributed by atoms with Gasteiger partial charge in [0, 0.05) is 24.7 Å². The number of anilines is 1. The summed E-state index contributed by atoms with van der Waals surface area (Å²) in [5.74, 6) is 0.185. The Labute approximate surface area is 112 Å². The molecule has 5 heteroatoms. The van der Waals surface area contributed by atoms with Crippen molar-refractivity contribution in [2.24, 2.45) is 13.0 Å². The molecule has 1 fully saturated rings.